The highest BCUT2D eigenvalue weighted by Gasteiger charge is 2.16. The van der Waals surface area contributed by atoms with Crippen molar-refractivity contribution >= 4 is 0 Å². The van der Waals surface area contributed by atoms with Gasteiger partial charge < -0.3 is 5.73 Å². The highest BCUT2D eigenvalue weighted by molar-refractivity contribution is 4.96. The molecule has 1 heteroatoms. The molecule has 0 spiro atoms. The van der Waals surface area contributed by atoms with Crippen LogP contribution in [0.15, 0.2) is 0 Å². The standard InChI is InChI=1S/C8H13N/c1-2-7-4-3-5-8(9)6-7/h1,7-8H,3-6,9H2/t7-,8-/m0/s1. The summed E-state index contributed by atoms with van der Waals surface area (Å²) in [6.07, 6.45) is 9.87. The average Bonchev–Trinajstić information content (AvgIpc) is 1.88. The van der Waals surface area contributed by atoms with E-state index in [-0.39, 0.29) is 0 Å². The molecule has 0 aliphatic heterocycles. The maximum absolute atomic E-state index is 5.71. The highest BCUT2D eigenvalue weighted by atomic mass is 14.6. The Morgan fingerprint density at radius 3 is 2.67 bits per heavy atom. The van der Waals surface area contributed by atoms with Crippen molar-refractivity contribution < 1.29 is 0 Å². The smallest absolute Gasteiger partial charge is 0.0214 e. The molecule has 0 amide bonds. The second kappa shape index (κ2) is 2.89. The third-order valence-corrected chi connectivity index (χ3v) is 1.95. The predicted molar refractivity (Wildman–Crippen MR) is 38.8 cm³/mol. The largest absolute Gasteiger partial charge is 0.328 e. The van der Waals surface area contributed by atoms with E-state index in [1.54, 1.807) is 0 Å². The van der Waals surface area contributed by atoms with E-state index in [4.69, 9.17) is 12.2 Å². The molecule has 2 N–H and O–H groups in total. The second-order valence-electron chi connectivity index (χ2n) is 2.79. The Morgan fingerprint density at radius 2 is 2.22 bits per heavy atom. The minimum Gasteiger partial charge on any atom is -0.328 e. The van der Waals surface area contributed by atoms with Crippen molar-refractivity contribution in [2.24, 2.45) is 11.7 Å². The first-order valence-electron chi connectivity index (χ1n) is 3.54. The molecule has 1 aliphatic rings. The maximum atomic E-state index is 5.71. The highest BCUT2D eigenvalue weighted by Crippen LogP contribution is 2.21. The Labute approximate surface area is 56.6 Å². The summed E-state index contributed by atoms with van der Waals surface area (Å²) in [7, 11) is 0. The summed E-state index contributed by atoms with van der Waals surface area (Å²) < 4.78 is 0. The molecule has 0 radical (unpaired) electrons. The molecule has 1 rings (SSSR count). The van der Waals surface area contributed by atoms with Crippen molar-refractivity contribution in [2.45, 2.75) is 31.7 Å². The molecule has 0 saturated heterocycles. The SMILES string of the molecule is C#C[C@H]1CCC[C@H](N)C1. The molecule has 0 bridgehead atoms. The van der Waals surface area contributed by atoms with Crippen molar-refractivity contribution in [2.75, 3.05) is 0 Å². The van der Waals surface area contributed by atoms with E-state index in [9.17, 15) is 0 Å². The second-order valence-corrected chi connectivity index (χ2v) is 2.79. The van der Waals surface area contributed by atoms with Gasteiger partial charge in [-0.2, -0.15) is 0 Å². The van der Waals surface area contributed by atoms with Gasteiger partial charge >= 0.3 is 0 Å². The summed E-state index contributed by atoms with van der Waals surface area (Å²) in [4.78, 5) is 0. The first-order valence-corrected chi connectivity index (χ1v) is 3.54. The van der Waals surface area contributed by atoms with Crippen molar-refractivity contribution in [3.63, 3.8) is 0 Å². The summed E-state index contributed by atoms with van der Waals surface area (Å²) in [6.45, 7) is 0. The van der Waals surface area contributed by atoms with E-state index in [2.05, 4.69) is 5.92 Å². The molecular formula is C8H13N. The molecule has 50 valence electrons. The quantitative estimate of drug-likeness (QED) is 0.480. The van der Waals surface area contributed by atoms with Gasteiger partial charge in [-0.15, -0.1) is 12.3 Å². The lowest BCUT2D eigenvalue weighted by Gasteiger charge is -2.22. The molecule has 1 aliphatic carbocycles. The van der Waals surface area contributed by atoms with Crippen LogP contribution in [0.1, 0.15) is 25.7 Å². The maximum Gasteiger partial charge on any atom is 0.0214 e. The van der Waals surface area contributed by atoms with Gasteiger partial charge in [-0.25, -0.2) is 0 Å². The van der Waals surface area contributed by atoms with E-state index >= 15 is 0 Å². The zero-order chi connectivity index (χ0) is 6.69. The fraction of sp³-hybridized carbons (Fsp3) is 0.750. The minimum atomic E-state index is 0.375. The van der Waals surface area contributed by atoms with E-state index in [0.29, 0.717) is 12.0 Å². The van der Waals surface area contributed by atoms with E-state index in [0.717, 1.165) is 12.8 Å². The molecule has 0 aromatic rings. The summed E-state index contributed by atoms with van der Waals surface area (Å²) >= 11 is 0. The van der Waals surface area contributed by atoms with Gasteiger partial charge in [0.1, 0.15) is 0 Å². The first-order chi connectivity index (χ1) is 4.33. The van der Waals surface area contributed by atoms with Crippen molar-refractivity contribution in [3.05, 3.63) is 0 Å². The van der Waals surface area contributed by atoms with Crippen LogP contribution in [-0.2, 0) is 0 Å². The fourth-order valence-electron chi connectivity index (χ4n) is 1.38. The number of nitrogens with two attached hydrogens (primary N) is 1. The normalized spacial score (nSPS) is 35.6. The van der Waals surface area contributed by atoms with Gasteiger partial charge in [-0.1, -0.05) is 6.42 Å². The summed E-state index contributed by atoms with van der Waals surface area (Å²) in [5.74, 6) is 3.22. The predicted octanol–water partition coefficient (Wildman–Crippen LogP) is 1.14. The van der Waals surface area contributed by atoms with Crippen LogP contribution in [0.4, 0.5) is 0 Å². The van der Waals surface area contributed by atoms with Gasteiger partial charge in [0, 0.05) is 12.0 Å². The third-order valence-electron chi connectivity index (χ3n) is 1.95. The van der Waals surface area contributed by atoms with Gasteiger partial charge in [0.25, 0.3) is 0 Å². The van der Waals surface area contributed by atoms with Crippen LogP contribution < -0.4 is 5.73 Å². The van der Waals surface area contributed by atoms with Crippen molar-refractivity contribution in [1.82, 2.24) is 0 Å². The molecule has 2 atom stereocenters. The van der Waals surface area contributed by atoms with Crippen molar-refractivity contribution in [1.29, 1.82) is 0 Å². The number of hydrogen-bond acceptors (Lipinski definition) is 1. The van der Waals surface area contributed by atoms with Crippen LogP contribution in [0.25, 0.3) is 0 Å². The van der Waals surface area contributed by atoms with E-state index < -0.39 is 0 Å². The topological polar surface area (TPSA) is 26.0 Å². The fourth-order valence-corrected chi connectivity index (χ4v) is 1.38. The van der Waals surface area contributed by atoms with E-state index in [1.807, 2.05) is 0 Å². The molecule has 0 aromatic heterocycles. The minimum absolute atomic E-state index is 0.375. The monoisotopic (exact) mass is 123 g/mol. The summed E-state index contributed by atoms with van der Waals surface area (Å²) in [5.41, 5.74) is 5.71. The zero-order valence-corrected chi connectivity index (χ0v) is 5.64. The molecule has 0 unspecified atom stereocenters. The van der Waals surface area contributed by atoms with Crippen LogP contribution >= 0.6 is 0 Å². The Morgan fingerprint density at radius 1 is 1.44 bits per heavy atom. The molecular weight excluding hydrogens is 110 g/mol. The summed E-state index contributed by atoms with van der Waals surface area (Å²) in [5, 5.41) is 0. The Balaban J connectivity index is 2.34. The molecule has 9 heavy (non-hydrogen) atoms. The Hall–Kier alpha value is -0.480. The molecule has 1 saturated carbocycles. The average molecular weight is 123 g/mol. The molecule has 1 fully saturated rings. The van der Waals surface area contributed by atoms with Gasteiger partial charge in [-0.05, 0) is 19.3 Å². The van der Waals surface area contributed by atoms with Crippen LogP contribution in [-0.4, -0.2) is 6.04 Å². The van der Waals surface area contributed by atoms with Gasteiger partial charge in [-0.3, -0.25) is 0 Å². The van der Waals surface area contributed by atoms with Crippen LogP contribution in [0.2, 0.25) is 0 Å². The van der Waals surface area contributed by atoms with Gasteiger partial charge in [0.05, 0.1) is 0 Å². The third kappa shape index (κ3) is 1.73. The lowest BCUT2D eigenvalue weighted by Crippen LogP contribution is -2.26. The first kappa shape index (κ1) is 6.64. The van der Waals surface area contributed by atoms with Crippen LogP contribution in [0.5, 0.6) is 0 Å². The molecule has 1 nitrogen and oxygen atoms in total. The number of rotatable bonds is 0. The molecule has 0 heterocycles. The van der Waals surface area contributed by atoms with Crippen LogP contribution in [0.3, 0.4) is 0 Å². The summed E-state index contributed by atoms with van der Waals surface area (Å²) in [6, 6.07) is 0.375. The molecule has 0 aromatic carbocycles. The Bertz CT molecular complexity index is 123. The lowest BCUT2D eigenvalue weighted by molar-refractivity contribution is 0.381. The Kier molecular flexibility index (Phi) is 2.13. The number of terminal acetylenes is 1. The van der Waals surface area contributed by atoms with Crippen molar-refractivity contribution in [3.8, 4) is 12.3 Å². The lowest BCUT2D eigenvalue weighted by atomic mass is 9.87. The van der Waals surface area contributed by atoms with Crippen LogP contribution in [0, 0.1) is 18.3 Å². The number of hydrogen-bond donors (Lipinski definition) is 1. The zero-order valence-electron chi connectivity index (χ0n) is 5.64. The van der Waals surface area contributed by atoms with Gasteiger partial charge in [0.2, 0.25) is 0 Å². The van der Waals surface area contributed by atoms with Gasteiger partial charge in [0.15, 0.2) is 0 Å². The van der Waals surface area contributed by atoms with E-state index in [1.165, 1.54) is 12.8 Å².